The van der Waals surface area contributed by atoms with E-state index in [9.17, 15) is 19.1 Å². The first-order valence-electron chi connectivity index (χ1n) is 8.24. The first kappa shape index (κ1) is 15.2. The molecule has 1 aromatic carbocycles. The van der Waals surface area contributed by atoms with E-state index in [4.69, 9.17) is 0 Å². The Kier molecular flexibility index (Phi) is 3.20. The number of nitrogens with zero attached hydrogens (tertiary/aromatic N) is 2. The molecular formula is C18H19FN2O3. The summed E-state index contributed by atoms with van der Waals surface area (Å²) in [5, 5.41) is 9.46. The van der Waals surface area contributed by atoms with Gasteiger partial charge in [0, 0.05) is 30.7 Å². The number of hydrogen-bond acceptors (Lipinski definition) is 3. The lowest BCUT2D eigenvalue weighted by Crippen LogP contribution is -2.46. The number of hydrogen-bond donors (Lipinski definition) is 1. The van der Waals surface area contributed by atoms with Gasteiger partial charge >= 0.3 is 5.97 Å². The number of fused-ring (bicyclic) bond motifs is 1. The van der Waals surface area contributed by atoms with E-state index in [-0.39, 0.29) is 17.0 Å². The number of anilines is 1. The minimum Gasteiger partial charge on any atom is -0.477 e. The van der Waals surface area contributed by atoms with E-state index in [1.165, 1.54) is 12.3 Å². The number of pyridine rings is 1. The van der Waals surface area contributed by atoms with E-state index in [1.807, 2.05) is 16.4 Å². The number of rotatable bonds is 3. The second kappa shape index (κ2) is 5.06. The first-order valence-corrected chi connectivity index (χ1v) is 8.24. The fraction of sp³-hybridized carbons (Fsp3) is 0.444. The molecule has 2 heterocycles. The quantitative estimate of drug-likeness (QED) is 0.940. The highest BCUT2D eigenvalue weighted by atomic mass is 19.1. The Morgan fingerprint density at radius 2 is 2.00 bits per heavy atom. The zero-order chi connectivity index (χ0) is 17.2. The molecule has 1 saturated carbocycles. The highest BCUT2D eigenvalue weighted by Crippen LogP contribution is 2.40. The molecule has 126 valence electrons. The van der Waals surface area contributed by atoms with E-state index in [2.05, 4.69) is 6.92 Å². The molecule has 5 nitrogen and oxygen atoms in total. The van der Waals surface area contributed by atoms with E-state index < -0.39 is 17.2 Å². The van der Waals surface area contributed by atoms with Crippen LogP contribution < -0.4 is 10.3 Å². The summed E-state index contributed by atoms with van der Waals surface area (Å²) >= 11 is 0. The molecule has 0 amide bonds. The standard InChI is InChI=1S/C18H19FN2O3/c1-9-6-20(7-9)16-10(2)15-12(5-14(16)19)17(22)13(18(23)24)8-21(15)11-3-4-11/h5,8-9,11H,3-4,6-7H2,1-2H3,(H,23,24). The van der Waals surface area contributed by atoms with Crippen LogP contribution in [0.4, 0.5) is 10.1 Å². The second-order valence-electron chi connectivity index (χ2n) is 7.05. The monoisotopic (exact) mass is 330 g/mol. The van der Waals surface area contributed by atoms with Gasteiger partial charge in [-0.3, -0.25) is 4.79 Å². The number of halogens is 1. The normalized spacial score (nSPS) is 18.0. The lowest BCUT2D eigenvalue weighted by Gasteiger charge is -2.40. The molecule has 1 aliphatic carbocycles. The summed E-state index contributed by atoms with van der Waals surface area (Å²) in [6.45, 7) is 5.53. The maximum absolute atomic E-state index is 14.7. The summed E-state index contributed by atoms with van der Waals surface area (Å²) < 4.78 is 16.6. The molecule has 1 aromatic heterocycles. The average molecular weight is 330 g/mol. The Balaban J connectivity index is 2.04. The molecule has 2 aromatic rings. The van der Waals surface area contributed by atoms with Gasteiger partial charge in [0.05, 0.1) is 11.2 Å². The van der Waals surface area contributed by atoms with Crippen LogP contribution in [0.25, 0.3) is 10.9 Å². The van der Waals surface area contributed by atoms with Crippen LogP contribution in [-0.2, 0) is 0 Å². The van der Waals surface area contributed by atoms with Crippen molar-refractivity contribution in [2.75, 3.05) is 18.0 Å². The zero-order valence-corrected chi connectivity index (χ0v) is 13.7. The molecule has 4 rings (SSSR count). The third-order valence-corrected chi connectivity index (χ3v) is 5.03. The molecule has 1 aliphatic heterocycles. The average Bonchev–Trinajstić information content (AvgIpc) is 3.30. The van der Waals surface area contributed by atoms with Crippen LogP contribution in [0.15, 0.2) is 17.1 Å². The highest BCUT2D eigenvalue weighted by Gasteiger charge is 2.31. The van der Waals surface area contributed by atoms with Crippen molar-refractivity contribution in [3.05, 3.63) is 39.4 Å². The minimum atomic E-state index is -1.27. The Morgan fingerprint density at radius 1 is 1.33 bits per heavy atom. The van der Waals surface area contributed by atoms with Crippen LogP contribution in [0.1, 0.15) is 41.7 Å². The fourth-order valence-electron chi connectivity index (χ4n) is 3.73. The van der Waals surface area contributed by atoms with Crippen LogP contribution in [0, 0.1) is 18.7 Å². The summed E-state index contributed by atoms with van der Waals surface area (Å²) in [6.07, 6.45) is 3.33. The number of carbonyl (C=O) groups is 1. The smallest absolute Gasteiger partial charge is 0.341 e. The molecule has 0 atom stereocenters. The summed E-state index contributed by atoms with van der Waals surface area (Å²) in [5.74, 6) is -1.19. The van der Waals surface area contributed by atoms with Gasteiger partial charge in [-0.05, 0) is 37.3 Å². The van der Waals surface area contributed by atoms with Crippen LogP contribution in [0.3, 0.4) is 0 Å². The number of aryl methyl sites for hydroxylation is 1. The van der Waals surface area contributed by atoms with Gasteiger partial charge in [-0.25, -0.2) is 9.18 Å². The van der Waals surface area contributed by atoms with Crippen molar-refractivity contribution >= 4 is 22.6 Å². The Hall–Kier alpha value is -2.37. The van der Waals surface area contributed by atoms with Crippen LogP contribution in [0.5, 0.6) is 0 Å². The number of benzene rings is 1. The van der Waals surface area contributed by atoms with Gasteiger partial charge in [0.1, 0.15) is 11.4 Å². The third-order valence-electron chi connectivity index (χ3n) is 5.03. The van der Waals surface area contributed by atoms with E-state index in [1.54, 1.807) is 0 Å². The molecule has 0 radical (unpaired) electrons. The Bertz CT molecular complexity index is 924. The zero-order valence-electron chi connectivity index (χ0n) is 13.7. The van der Waals surface area contributed by atoms with E-state index in [0.29, 0.717) is 17.1 Å². The molecule has 1 N–H and O–H groups in total. The van der Waals surface area contributed by atoms with Gasteiger partial charge in [0.25, 0.3) is 0 Å². The largest absolute Gasteiger partial charge is 0.477 e. The highest BCUT2D eigenvalue weighted by molar-refractivity contribution is 5.95. The van der Waals surface area contributed by atoms with Crippen molar-refractivity contribution in [3.63, 3.8) is 0 Å². The van der Waals surface area contributed by atoms with Crippen molar-refractivity contribution in [1.82, 2.24) is 4.57 Å². The van der Waals surface area contributed by atoms with Crippen molar-refractivity contribution in [2.24, 2.45) is 5.92 Å². The van der Waals surface area contributed by atoms with Gasteiger partial charge in [-0.2, -0.15) is 0 Å². The Morgan fingerprint density at radius 3 is 2.54 bits per heavy atom. The van der Waals surface area contributed by atoms with Crippen molar-refractivity contribution in [1.29, 1.82) is 0 Å². The summed E-state index contributed by atoms with van der Waals surface area (Å²) in [6, 6.07) is 1.41. The fourth-order valence-corrected chi connectivity index (χ4v) is 3.73. The topological polar surface area (TPSA) is 62.5 Å². The van der Waals surface area contributed by atoms with Gasteiger partial charge in [0.15, 0.2) is 0 Å². The lowest BCUT2D eigenvalue weighted by molar-refractivity contribution is 0.0695. The maximum atomic E-state index is 14.7. The van der Waals surface area contributed by atoms with Gasteiger partial charge in [-0.1, -0.05) is 6.92 Å². The molecule has 2 aliphatic rings. The summed E-state index contributed by atoms with van der Waals surface area (Å²) in [7, 11) is 0. The predicted octanol–water partition coefficient (Wildman–Crippen LogP) is 2.94. The van der Waals surface area contributed by atoms with E-state index in [0.717, 1.165) is 31.5 Å². The van der Waals surface area contributed by atoms with E-state index >= 15 is 0 Å². The number of aromatic nitrogens is 1. The van der Waals surface area contributed by atoms with Crippen LogP contribution in [-0.4, -0.2) is 28.7 Å². The van der Waals surface area contributed by atoms with Gasteiger partial charge in [0.2, 0.25) is 5.43 Å². The predicted molar refractivity (Wildman–Crippen MR) is 89.5 cm³/mol. The Labute approximate surface area is 138 Å². The number of carboxylic acids is 1. The van der Waals surface area contributed by atoms with Crippen molar-refractivity contribution in [2.45, 2.75) is 32.7 Å². The van der Waals surface area contributed by atoms with Crippen LogP contribution >= 0.6 is 0 Å². The SMILES string of the molecule is Cc1c(N2CC(C)C2)c(F)cc2c(=O)c(C(=O)O)cn(C3CC3)c12. The molecular weight excluding hydrogens is 311 g/mol. The molecule has 6 heteroatoms. The molecule has 2 fully saturated rings. The van der Waals surface area contributed by atoms with Crippen LogP contribution in [0.2, 0.25) is 0 Å². The number of aromatic carboxylic acids is 1. The van der Waals surface area contributed by atoms with Crippen molar-refractivity contribution < 1.29 is 14.3 Å². The molecule has 0 spiro atoms. The second-order valence-corrected chi connectivity index (χ2v) is 7.05. The molecule has 0 unspecified atom stereocenters. The molecule has 0 bridgehead atoms. The third kappa shape index (κ3) is 2.12. The minimum absolute atomic E-state index is 0.161. The molecule has 24 heavy (non-hydrogen) atoms. The lowest BCUT2D eigenvalue weighted by atomic mass is 9.98. The summed E-state index contributed by atoms with van der Waals surface area (Å²) in [4.78, 5) is 25.9. The number of carboxylic acid groups (broad SMARTS) is 1. The summed E-state index contributed by atoms with van der Waals surface area (Å²) in [5.41, 5.74) is 1.03. The first-order chi connectivity index (χ1) is 11.4. The van der Waals surface area contributed by atoms with Gasteiger partial charge in [-0.15, -0.1) is 0 Å². The molecule has 1 saturated heterocycles. The van der Waals surface area contributed by atoms with Crippen molar-refractivity contribution in [3.8, 4) is 0 Å². The van der Waals surface area contributed by atoms with Gasteiger partial charge < -0.3 is 14.6 Å². The maximum Gasteiger partial charge on any atom is 0.341 e.